The molecule has 0 fully saturated rings. The molecule has 8 nitrogen and oxygen atoms in total. The maximum atomic E-state index is 5.81. The fourth-order valence-corrected chi connectivity index (χ4v) is 2.26. The van der Waals surface area contributed by atoms with Crippen LogP contribution in [0.15, 0.2) is 21.7 Å². The number of hydrogen-bond acceptors (Lipinski definition) is 7. The molecule has 1 aromatic heterocycles. The number of halogens is 2. The van der Waals surface area contributed by atoms with Gasteiger partial charge in [0.2, 0.25) is 6.79 Å². The molecule has 0 saturated carbocycles. The molecule has 1 aliphatic rings. The zero-order valence-corrected chi connectivity index (χ0v) is 14.0. The molecule has 0 unspecified atom stereocenters. The van der Waals surface area contributed by atoms with E-state index < -0.39 is 0 Å². The van der Waals surface area contributed by atoms with E-state index in [-0.39, 0.29) is 19.2 Å². The normalized spacial score (nSPS) is 12.5. The summed E-state index contributed by atoms with van der Waals surface area (Å²) in [6.07, 6.45) is 2.33. The summed E-state index contributed by atoms with van der Waals surface area (Å²) in [6.45, 7) is 2.18. The highest BCUT2D eigenvalue weighted by Gasteiger charge is 2.15. The van der Waals surface area contributed by atoms with Crippen molar-refractivity contribution in [1.82, 2.24) is 14.9 Å². The van der Waals surface area contributed by atoms with E-state index in [1.54, 1.807) is 6.21 Å². The molecule has 1 aliphatic heterocycles. The third-order valence-corrected chi connectivity index (χ3v) is 3.63. The second-order valence-corrected chi connectivity index (χ2v) is 5.11. The fraction of sp³-hybridized carbons (Fsp3) is 0.250. The van der Waals surface area contributed by atoms with Crippen LogP contribution in [-0.4, -0.2) is 27.9 Å². The largest absolute Gasteiger partial charge is 0.454 e. The number of hydrogen-bond donors (Lipinski definition) is 2. The van der Waals surface area contributed by atoms with Gasteiger partial charge < -0.3 is 15.3 Å². The molecule has 0 aliphatic carbocycles. The number of aromatic nitrogens is 3. The van der Waals surface area contributed by atoms with Gasteiger partial charge in [0.05, 0.1) is 6.21 Å². The minimum atomic E-state index is 0. The predicted molar refractivity (Wildman–Crippen MR) is 88.3 cm³/mol. The highest BCUT2D eigenvalue weighted by Crippen LogP contribution is 2.36. The lowest BCUT2D eigenvalue weighted by Crippen LogP contribution is -2.14. The van der Waals surface area contributed by atoms with Crippen LogP contribution >= 0.6 is 28.3 Å². The molecule has 3 rings (SSSR count). The molecular weight excluding hydrogens is 376 g/mol. The lowest BCUT2D eigenvalue weighted by Gasteiger charge is -2.02. The van der Waals surface area contributed by atoms with Crippen molar-refractivity contribution >= 4 is 40.5 Å². The summed E-state index contributed by atoms with van der Waals surface area (Å²) < 4.78 is 12.8. The van der Waals surface area contributed by atoms with E-state index >= 15 is 0 Å². The van der Waals surface area contributed by atoms with E-state index in [9.17, 15) is 0 Å². The zero-order chi connectivity index (χ0) is 14.8. The first kappa shape index (κ1) is 16.4. The summed E-state index contributed by atoms with van der Waals surface area (Å²) >= 11 is 3.45. The van der Waals surface area contributed by atoms with Crippen molar-refractivity contribution in [1.29, 1.82) is 0 Å². The summed E-state index contributed by atoms with van der Waals surface area (Å²) in [5.74, 6) is 8.26. The summed E-state index contributed by atoms with van der Waals surface area (Å²) in [7, 11) is 0. The Kier molecular flexibility index (Phi) is 5.09. The third kappa shape index (κ3) is 3.09. The first-order valence-corrected chi connectivity index (χ1v) is 7.06. The fourth-order valence-electron chi connectivity index (χ4n) is 1.83. The van der Waals surface area contributed by atoms with Crippen LogP contribution in [0.5, 0.6) is 11.5 Å². The molecule has 3 N–H and O–H groups in total. The topological polar surface area (TPSA) is 99.6 Å². The average Bonchev–Trinajstić information content (AvgIpc) is 3.06. The van der Waals surface area contributed by atoms with Crippen molar-refractivity contribution in [3.8, 4) is 11.5 Å². The van der Waals surface area contributed by atoms with Crippen LogP contribution in [0, 0.1) is 0 Å². The lowest BCUT2D eigenvalue weighted by molar-refractivity contribution is 0.174. The summed E-state index contributed by atoms with van der Waals surface area (Å²) in [5.41, 5.74) is 3.59. The second-order valence-electron chi connectivity index (χ2n) is 4.26. The van der Waals surface area contributed by atoms with Crippen molar-refractivity contribution in [3.05, 3.63) is 28.0 Å². The standard InChI is InChI=1S/C12H13BrN6O2.ClH/c1-2-11-16-18-12(19(11)14)17-15-5-7-3-9-10(4-8(7)13)21-6-20-9;/h3-5H,2,6,14H2,1H3,(H,17,18);1H. The number of benzene rings is 1. The smallest absolute Gasteiger partial charge is 0.263 e. The van der Waals surface area contributed by atoms with Gasteiger partial charge in [0.15, 0.2) is 17.3 Å². The van der Waals surface area contributed by atoms with Gasteiger partial charge in [-0.3, -0.25) is 0 Å². The summed E-state index contributed by atoms with van der Waals surface area (Å²) in [6, 6.07) is 3.67. The van der Waals surface area contributed by atoms with E-state index in [1.165, 1.54) is 4.68 Å². The Balaban J connectivity index is 0.00000176. The van der Waals surface area contributed by atoms with Crippen LogP contribution in [0.3, 0.4) is 0 Å². The molecule has 0 radical (unpaired) electrons. The van der Waals surface area contributed by atoms with Gasteiger partial charge in [0.25, 0.3) is 5.95 Å². The molecule has 10 heteroatoms. The first-order valence-electron chi connectivity index (χ1n) is 6.26. The molecule has 0 bridgehead atoms. The zero-order valence-electron chi connectivity index (χ0n) is 11.6. The molecule has 0 amide bonds. The highest BCUT2D eigenvalue weighted by atomic mass is 79.9. The van der Waals surface area contributed by atoms with Crippen molar-refractivity contribution in [2.75, 3.05) is 18.1 Å². The molecule has 0 spiro atoms. The first-order chi connectivity index (χ1) is 10.2. The van der Waals surface area contributed by atoms with Gasteiger partial charge in [-0.25, -0.2) is 10.1 Å². The van der Waals surface area contributed by atoms with Gasteiger partial charge in [-0.1, -0.05) is 6.92 Å². The number of aryl methyl sites for hydroxylation is 1. The van der Waals surface area contributed by atoms with Crippen molar-refractivity contribution < 1.29 is 9.47 Å². The average molecular weight is 390 g/mol. The van der Waals surface area contributed by atoms with Gasteiger partial charge in [-0.15, -0.1) is 22.6 Å². The van der Waals surface area contributed by atoms with Gasteiger partial charge >= 0.3 is 0 Å². The number of anilines is 1. The Morgan fingerprint density at radius 3 is 2.82 bits per heavy atom. The summed E-state index contributed by atoms with van der Waals surface area (Å²) in [4.78, 5) is 0. The van der Waals surface area contributed by atoms with Crippen LogP contribution in [0.25, 0.3) is 0 Å². The minimum Gasteiger partial charge on any atom is -0.454 e. The Morgan fingerprint density at radius 2 is 2.14 bits per heavy atom. The monoisotopic (exact) mass is 388 g/mol. The number of fused-ring (bicyclic) bond motifs is 1. The number of nitrogens with zero attached hydrogens (tertiary/aromatic N) is 4. The number of nitrogen functional groups attached to an aromatic ring is 1. The maximum absolute atomic E-state index is 5.81. The SMILES string of the molecule is CCc1nnc(NN=Cc2cc3c(cc2Br)OCO3)n1N.Cl. The minimum absolute atomic E-state index is 0. The second kappa shape index (κ2) is 6.84. The van der Waals surface area contributed by atoms with E-state index in [0.29, 0.717) is 29.7 Å². The number of hydrazone groups is 1. The molecule has 0 saturated heterocycles. The van der Waals surface area contributed by atoms with Crippen LogP contribution in [0.4, 0.5) is 5.95 Å². The highest BCUT2D eigenvalue weighted by molar-refractivity contribution is 9.10. The van der Waals surface area contributed by atoms with E-state index in [2.05, 4.69) is 36.7 Å². The Hall–Kier alpha value is -2.00. The van der Waals surface area contributed by atoms with E-state index in [1.807, 2.05) is 19.1 Å². The number of ether oxygens (including phenoxy) is 2. The molecule has 0 atom stereocenters. The number of nitrogens with two attached hydrogens (primary N) is 1. The van der Waals surface area contributed by atoms with Gasteiger partial charge in [-0.05, 0) is 28.1 Å². The predicted octanol–water partition coefficient (Wildman–Crippen LogP) is 1.91. The Bertz CT molecular complexity index is 705. The van der Waals surface area contributed by atoms with Gasteiger partial charge in [0.1, 0.15) is 0 Å². The molecule has 2 aromatic rings. The number of nitrogens with one attached hydrogen (secondary N) is 1. The van der Waals surface area contributed by atoms with Crippen LogP contribution in [0.1, 0.15) is 18.3 Å². The molecule has 22 heavy (non-hydrogen) atoms. The van der Waals surface area contributed by atoms with E-state index in [4.69, 9.17) is 15.3 Å². The van der Waals surface area contributed by atoms with Crippen molar-refractivity contribution in [3.63, 3.8) is 0 Å². The third-order valence-electron chi connectivity index (χ3n) is 2.94. The van der Waals surface area contributed by atoms with Gasteiger partial charge in [0, 0.05) is 16.5 Å². The maximum Gasteiger partial charge on any atom is 0.263 e. The van der Waals surface area contributed by atoms with E-state index in [0.717, 1.165) is 10.0 Å². The molecular formula is C12H14BrClN6O2. The van der Waals surface area contributed by atoms with Crippen molar-refractivity contribution in [2.24, 2.45) is 5.10 Å². The van der Waals surface area contributed by atoms with Gasteiger partial charge in [-0.2, -0.15) is 5.10 Å². The van der Waals surface area contributed by atoms with Crippen LogP contribution in [-0.2, 0) is 6.42 Å². The molecule has 1 aromatic carbocycles. The molecule has 118 valence electrons. The Labute approximate surface area is 141 Å². The Morgan fingerprint density at radius 1 is 1.41 bits per heavy atom. The summed E-state index contributed by atoms with van der Waals surface area (Å²) in [5, 5.41) is 11.9. The lowest BCUT2D eigenvalue weighted by atomic mass is 10.2. The van der Waals surface area contributed by atoms with Crippen LogP contribution < -0.4 is 20.7 Å². The molecule has 2 heterocycles. The van der Waals surface area contributed by atoms with Crippen LogP contribution in [0.2, 0.25) is 0 Å². The quantitative estimate of drug-likeness (QED) is 0.471. The van der Waals surface area contributed by atoms with Crippen molar-refractivity contribution in [2.45, 2.75) is 13.3 Å². The number of rotatable bonds is 4.